The highest BCUT2D eigenvalue weighted by Crippen LogP contribution is 2.17. The number of likely N-dealkylation sites (N-methyl/N-ethyl adjacent to an activating group) is 1. The van der Waals surface area contributed by atoms with E-state index in [2.05, 4.69) is 68.4 Å². The number of amides is 2. The highest BCUT2D eigenvalue weighted by Gasteiger charge is 2.31. The summed E-state index contributed by atoms with van der Waals surface area (Å²) >= 11 is 0. The highest BCUT2D eigenvalue weighted by molar-refractivity contribution is 5.88. The number of hydrogen-bond acceptors (Lipinski definition) is 4. The second-order valence-corrected chi connectivity index (χ2v) is 15.1. The molecule has 6 nitrogen and oxygen atoms in total. The molecule has 0 saturated carbocycles. The van der Waals surface area contributed by atoms with Crippen LogP contribution in [0.2, 0.25) is 0 Å². The molecule has 48 heavy (non-hydrogen) atoms. The minimum atomic E-state index is -0.378. The van der Waals surface area contributed by atoms with Crippen LogP contribution >= 0.6 is 0 Å². The van der Waals surface area contributed by atoms with Crippen molar-refractivity contribution in [2.45, 2.75) is 201 Å². The standard InChI is InChI=1S/C42H86N4O2/c1-8-12-16-20-24-28-35-45(36-29-25-21-17-13-9-2)41(47)39-40(44(7)34-32-33-43(5)6)42(48)46(37-30-26-22-18-14-10-3)38-31-27-23-19-15-11-4/h40H,8-39H2,1-7H3. The van der Waals surface area contributed by atoms with E-state index in [9.17, 15) is 9.59 Å². The van der Waals surface area contributed by atoms with Crippen LogP contribution in [0.25, 0.3) is 0 Å². The molecular weight excluding hydrogens is 592 g/mol. The second-order valence-electron chi connectivity index (χ2n) is 15.1. The Morgan fingerprint density at radius 1 is 0.396 bits per heavy atom. The van der Waals surface area contributed by atoms with Crippen molar-refractivity contribution < 1.29 is 9.59 Å². The molecule has 6 heteroatoms. The average Bonchev–Trinajstić information content (AvgIpc) is 3.07. The zero-order valence-corrected chi connectivity index (χ0v) is 33.8. The Labute approximate surface area is 301 Å². The first-order valence-electron chi connectivity index (χ1n) is 21.2. The average molecular weight is 679 g/mol. The van der Waals surface area contributed by atoms with Gasteiger partial charge in [-0.3, -0.25) is 14.5 Å². The lowest BCUT2D eigenvalue weighted by atomic mass is 10.1. The molecule has 0 bridgehead atoms. The van der Waals surface area contributed by atoms with E-state index < -0.39 is 0 Å². The van der Waals surface area contributed by atoms with E-state index in [1.165, 1.54) is 128 Å². The number of hydrogen-bond donors (Lipinski definition) is 0. The van der Waals surface area contributed by atoms with Crippen molar-refractivity contribution in [2.24, 2.45) is 0 Å². The summed E-state index contributed by atoms with van der Waals surface area (Å²) in [5, 5.41) is 0. The number of carbonyl (C=O) groups excluding carboxylic acids is 2. The Hall–Kier alpha value is -1.14. The van der Waals surface area contributed by atoms with Crippen molar-refractivity contribution in [1.29, 1.82) is 0 Å². The van der Waals surface area contributed by atoms with Crippen LogP contribution in [0.4, 0.5) is 0 Å². The fourth-order valence-corrected chi connectivity index (χ4v) is 6.75. The Bertz CT molecular complexity index is 684. The molecular formula is C42H86N4O2. The van der Waals surface area contributed by atoms with E-state index in [1.807, 2.05) is 0 Å². The van der Waals surface area contributed by atoms with Crippen molar-refractivity contribution in [2.75, 3.05) is 60.4 Å². The summed E-state index contributed by atoms with van der Waals surface area (Å²) in [5.41, 5.74) is 0. The number of unbranched alkanes of at least 4 members (excludes halogenated alkanes) is 20. The Morgan fingerprint density at radius 2 is 0.729 bits per heavy atom. The monoisotopic (exact) mass is 679 g/mol. The molecule has 0 radical (unpaired) electrons. The van der Waals surface area contributed by atoms with Gasteiger partial charge in [0.15, 0.2) is 0 Å². The largest absolute Gasteiger partial charge is 0.343 e. The molecule has 0 aliphatic rings. The van der Waals surface area contributed by atoms with E-state index in [4.69, 9.17) is 0 Å². The van der Waals surface area contributed by atoms with E-state index in [0.29, 0.717) is 6.42 Å². The SMILES string of the molecule is CCCCCCCCN(CCCCCCCC)C(=O)CC(C(=O)N(CCCCCCCC)CCCCCCCC)N(C)CCCN(C)C. The van der Waals surface area contributed by atoms with Gasteiger partial charge in [0.25, 0.3) is 0 Å². The molecule has 2 amide bonds. The van der Waals surface area contributed by atoms with Gasteiger partial charge in [0.05, 0.1) is 12.5 Å². The Morgan fingerprint density at radius 3 is 1.08 bits per heavy atom. The van der Waals surface area contributed by atoms with Crippen LogP contribution in [0.15, 0.2) is 0 Å². The molecule has 0 N–H and O–H groups in total. The molecule has 0 rings (SSSR count). The van der Waals surface area contributed by atoms with Crippen LogP contribution in [-0.4, -0.2) is 97.9 Å². The van der Waals surface area contributed by atoms with E-state index in [-0.39, 0.29) is 17.9 Å². The fraction of sp³-hybridized carbons (Fsp3) is 0.952. The molecule has 0 aromatic heterocycles. The zero-order chi connectivity index (χ0) is 35.7. The highest BCUT2D eigenvalue weighted by atomic mass is 16.2. The minimum absolute atomic E-state index is 0.189. The lowest BCUT2D eigenvalue weighted by molar-refractivity contribution is -0.142. The maximum Gasteiger partial charge on any atom is 0.240 e. The van der Waals surface area contributed by atoms with Crippen molar-refractivity contribution in [3.63, 3.8) is 0 Å². The van der Waals surface area contributed by atoms with Crippen LogP contribution in [0.3, 0.4) is 0 Å². The topological polar surface area (TPSA) is 47.1 Å². The van der Waals surface area contributed by atoms with Crippen molar-refractivity contribution in [1.82, 2.24) is 19.6 Å². The predicted molar refractivity (Wildman–Crippen MR) is 211 cm³/mol. The third-order valence-corrected chi connectivity index (χ3v) is 10.1. The van der Waals surface area contributed by atoms with Crippen LogP contribution in [-0.2, 0) is 9.59 Å². The van der Waals surface area contributed by atoms with E-state index >= 15 is 0 Å². The van der Waals surface area contributed by atoms with Gasteiger partial charge >= 0.3 is 0 Å². The molecule has 0 aromatic rings. The van der Waals surface area contributed by atoms with Gasteiger partial charge < -0.3 is 14.7 Å². The third kappa shape index (κ3) is 26.7. The summed E-state index contributed by atoms with van der Waals surface area (Å²) in [5.74, 6) is 0.380. The molecule has 0 aliphatic heterocycles. The first kappa shape index (κ1) is 46.9. The third-order valence-electron chi connectivity index (χ3n) is 10.1. The number of nitrogens with zero attached hydrogens (tertiary/aromatic N) is 4. The smallest absolute Gasteiger partial charge is 0.240 e. The minimum Gasteiger partial charge on any atom is -0.343 e. The second kappa shape index (κ2) is 34.3. The summed E-state index contributed by atoms with van der Waals surface area (Å²) in [7, 11) is 6.31. The van der Waals surface area contributed by atoms with Gasteiger partial charge in [-0.2, -0.15) is 0 Å². The molecule has 0 aromatic carbocycles. The molecule has 0 spiro atoms. The summed E-state index contributed by atoms with van der Waals surface area (Å²) in [6.07, 6.45) is 30.8. The number of rotatable bonds is 36. The maximum atomic E-state index is 14.5. The van der Waals surface area contributed by atoms with Crippen LogP contribution < -0.4 is 0 Å². The van der Waals surface area contributed by atoms with Crippen molar-refractivity contribution >= 4 is 11.8 Å². The first-order chi connectivity index (χ1) is 23.3. The summed E-state index contributed by atoms with van der Waals surface area (Å²) in [4.78, 5) is 37.4. The van der Waals surface area contributed by atoms with Crippen LogP contribution in [0, 0.1) is 0 Å². The lowest BCUT2D eigenvalue weighted by Crippen LogP contribution is -2.51. The van der Waals surface area contributed by atoms with Crippen molar-refractivity contribution in [3.8, 4) is 0 Å². The number of carbonyl (C=O) groups is 2. The van der Waals surface area contributed by atoms with Gasteiger partial charge in [0, 0.05) is 26.2 Å². The van der Waals surface area contributed by atoms with Crippen LogP contribution in [0.5, 0.6) is 0 Å². The molecule has 0 fully saturated rings. The quantitative estimate of drug-likeness (QED) is 0.0619. The van der Waals surface area contributed by atoms with Gasteiger partial charge in [-0.25, -0.2) is 0 Å². The fourth-order valence-electron chi connectivity index (χ4n) is 6.75. The van der Waals surface area contributed by atoms with Crippen LogP contribution in [0.1, 0.15) is 195 Å². The molecule has 0 aliphatic carbocycles. The van der Waals surface area contributed by atoms with Gasteiger partial charge in [-0.05, 0) is 66.3 Å². The van der Waals surface area contributed by atoms with Crippen molar-refractivity contribution in [3.05, 3.63) is 0 Å². The molecule has 1 atom stereocenters. The lowest BCUT2D eigenvalue weighted by Gasteiger charge is -2.34. The van der Waals surface area contributed by atoms with Gasteiger partial charge in [-0.15, -0.1) is 0 Å². The normalized spacial score (nSPS) is 12.3. The molecule has 0 saturated heterocycles. The zero-order valence-electron chi connectivity index (χ0n) is 33.8. The van der Waals surface area contributed by atoms with Gasteiger partial charge in [0.2, 0.25) is 11.8 Å². The van der Waals surface area contributed by atoms with E-state index in [1.54, 1.807) is 0 Å². The summed E-state index contributed by atoms with van der Waals surface area (Å²) < 4.78 is 0. The Balaban J connectivity index is 5.76. The summed E-state index contributed by atoms with van der Waals surface area (Å²) in [6.45, 7) is 14.2. The first-order valence-corrected chi connectivity index (χ1v) is 21.2. The maximum absolute atomic E-state index is 14.5. The van der Waals surface area contributed by atoms with Gasteiger partial charge in [-0.1, -0.05) is 156 Å². The van der Waals surface area contributed by atoms with Gasteiger partial charge in [0.1, 0.15) is 0 Å². The summed E-state index contributed by atoms with van der Waals surface area (Å²) in [6, 6.07) is -0.378. The molecule has 1 unspecified atom stereocenters. The predicted octanol–water partition coefficient (Wildman–Crippen LogP) is 10.7. The van der Waals surface area contributed by atoms with E-state index in [0.717, 1.165) is 71.4 Å². The molecule has 0 heterocycles. The Kier molecular flexibility index (Phi) is 33.5. The molecule has 286 valence electrons.